The molecule has 0 bridgehead atoms. The average Bonchev–Trinajstić information content (AvgIpc) is 2.52. The van der Waals surface area contributed by atoms with E-state index in [0.717, 1.165) is 22.3 Å². The topological polar surface area (TPSA) is 34.1 Å². The largest absolute Gasteiger partial charge is 0.310 e. The monoisotopic (exact) mass is 314 g/mol. The molecule has 2 aromatic rings. The van der Waals surface area contributed by atoms with E-state index in [9.17, 15) is 9.36 Å². The van der Waals surface area contributed by atoms with Crippen molar-refractivity contribution in [2.24, 2.45) is 0 Å². The molecule has 1 unspecified atom stereocenters. The minimum absolute atomic E-state index is 0.209. The first-order valence-corrected chi connectivity index (χ1v) is 9.49. The highest BCUT2D eigenvalue weighted by atomic mass is 31.2. The van der Waals surface area contributed by atoms with Crippen LogP contribution in [0.15, 0.2) is 36.4 Å². The average molecular weight is 314 g/mol. The third-order valence-electron chi connectivity index (χ3n) is 4.52. The van der Waals surface area contributed by atoms with Crippen LogP contribution in [0.1, 0.15) is 39.5 Å². The Labute approximate surface area is 132 Å². The predicted octanol–water partition coefficient (Wildman–Crippen LogP) is 4.77. The van der Waals surface area contributed by atoms with Crippen LogP contribution in [0.25, 0.3) is 0 Å². The molecule has 3 heteroatoms. The second kappa shape index (κ2) is 6.22. The molecule has 0 aliphatic rings. The fourth-order valence-corrected chi connectivity index (χ4v) is 5.15. The van der Waals surface area contributed by atoms with Crippen LogP contribution in [0.5, 0.6) is 0 Å². The molecule has 0 saturated heterocycles. The van der Waals surface area contributed by atoms with Gasteiger partial charge in [0.05, 0.1) is 0 Å². The molecule has 2 rings (SSSR count). The minimum Gasteiger partial charge on any atom is -0.310 e. The van der Waals surface area contributed by atoms with Gasteiger partial charge in [0, 0.05) is 17.0 Å². The molecule has 0 spiro atoms. The number of hydrogen-bond acceptors (Lipinski definition) is 2. The maximum Gasteiger partial charge on any atom is 0.226 e. The highest BCUT2D eigenvalue weighted by Gasteiger charge is 2.34. The van der Waals surface area contributed by atoms with E-state index in [1.807, 2.05) is 58.9 Å². The Kier molecular flexibility index (Phi) is 4.72. The van der Waals surface area contributed by atoms with Gasteiger partial charge in [-0.3, -0.25) is 4.79 Å². The summed E-state index contributed by atoms with van der Waals surface area (Å²) in [7, 11) is -3.09. The second-order valence-electron chi connectivity index (χ2n) is 5.83. The standard InChI is InChI=1S/C19H23O2P/c1-6-22(21,17-10-8-7-9-11-17)19(20)18-14(3)12-13(2)15(4)16(18)5/h7-12H,6H2,1-5H3. The van der Waals surface area contributed by atoms with E-state index >= 15 is 0 Å². The molecule has 2 aromatic carbocycles. The van der Waals surface area contributed by atoms with Crippen LogP contribution in [0.3, 0.4) is 0 Å². The lowest BCUT2D eigenvalue weighted by atomic mass is 9.95. The van der Waals surface area contributed by atoms with E-state index in [2.05, 4.69) is 0 Å². The molecule has 0 aliphatic heterocycles. The van der Waals surface area contributed by atoms with Gasteiger partial charge in [0.1, 0.15) is 0 Å². The van der Waals surface area contributed by atoms with Gasteiger partial charge in [0.15, 0.2) is 7.14 Å². The fraction of sp³-hybridized carbons (Fsp3) is 0.316. The van der Waals surface area contributed by atoms with Gasteiger partial charge in [-0.15, -0.1) is 0 Å². The number of hydrogen-bond donors (Lipinski definition) is 0. The van der Waals surface area contributed by atoms with E-state index < -0.39 is 7.14 Å². The van der Waals surface area contributed by atoms with Gasteiger partial charge in [-0.25, -0.2) is 0 Å². The van der Waals surface area contributed by atoms with Gasteiger partial charge in [-0.2, -0.15) is 0 Å². The van der Waals surface area contributed by atoms with Gasteiger partial charge >= 0.3 is 0 Å². The summed E-state index contributed by atoms with van der Waals surface area (Å²) in [6.45, 7) is 9.77. The quantitative estimate of drug-likeness (QED) is 0.762. The third-order valence-corrected chi connectivity index (χ3v) is 7.42. The van der Waals surface area contributed by atoms with Crippen molar-refractivity contribution >= 4 is 18.0 Å². The summed E-state index contributed by atoms with van der Waals surface area (Å²) in [4.78, 5) is 13.1. The lowest BCUT2D eigenvalue weighted by molar-refractivity contribution is 0.107. The molecular weight excluding hydrogens is 291 g/mol. The molecule has 0 N–H and O–H groups in total. The summed E-state index contributed by atoms with van der Waals surface area (Å²) in [5.74, 6) is 0. The number of benzene rings is 2. The molecule has 0 aromatic heterocycles. The molecule has 116 valence electrons. The van der Waals surface area contributed by atoms with Crippen LogP contribution in [-0.4, -0.2) is 11.7 Å². The van der Waals surface area contributed by atoms with Gasteiger partial charge < -0.3 is 4.57 Å². The Balaban J connectivity index is 2.66. The second-order valence-corrected chi connectivity index (χ2v) is 8.87. The fourth-order valence-electron chi connectivity index (χ4n) is 2.91. The zero-order valence-electron chi connectivity index (χ0n) is 13.9. The van der Waals surface area contributed by atoms with Gasteiger partial charge in [-0.05, 0) is 49.9 Å². The van der Waals surface area contributed by atoms with Crippen LogP contribution < -0.4 is 5.30 Å². The molecule has 0 fully saturated rings. The van der Waals surface area contributed by atoms with E-state index in [1.165, 1.54) is 0 Å². The molecular formula is C19H23O2P. The Morgan fingerprint density at radius 1 is 0.955 bits per heavy atom. The molecule has 1 atom stereocenters. The van der Waals surface area contributed by atoms with Crippen LogP contribution in [0, 0.1) is 27.7 Å². The van der Waals surface area contributed by atoms with Crippen molar-refractivity contribution in [2.45, 2.75) is 34.6 Å². The van der Waals surface area contributed by atoms with E-state index in [1.54, 1.807) is 12.1 Å². The predicted molar refractivity (Wildman–Crippen MR) is 93.9 cm³/mol. The normalized spacial score (nSPS) is 13.7. The molecule has 0 heterocycles. The molecule has 2 nitrogen and oxygen atoms in total. The summed E-state index contributed by atoms with van der Waals surface area (Å²) in [5.41, 5.74) is 4.56. The summed E-state index contributed by atoms with van der Waals surface area (Å²) in [5, 5.41) is 0.652. The molecule has 0 saturated carbocycles. The summed E-state index contributed by atoms with van der Waals surface area (Å²) in [6.07, 6.45) is 0.349. The Morgan fingerprint density at radius 3 is 2.09 bits per heavy atom. The Morgan fingerprint density at radius 2 is 1.55 bits per heavy atom. The first-order valence-electron chi connectivity index (χ1n) is 7.60. The zero-order valence-corrected chi connectivity index (χ0v) is 14.8. The third kappa shape index (κ3) is 2.68. The number of aryl methyl sites for hydroxylation is 2. The van der Waals surface area contributed by atoms with Crippen LogP contribution in [-0.2, 0) is 4.57 Å². The zero-order chi connectivity index (χ0) is 16.5. The lowest BCUT2D eigenvalue weighted by Crippen LogP contribution is -2.17. The van der Waals surface area contributed by atoms with E-state index in [-0.39, 0.29) is 5.52 Å². The van der Waals surface area contributed by atoms with Gasteiger partial charge in [-0.1, -0.05) is 43.3 Å². The van der Waals surface area contributed by atoms with Crippen molar-refractivity contribution in [1.82, 2.24) is 0 Å². The number of carbonyl (C=O) groups excluding carboxylic acids is 1. The molecule has 22 heavy (non-hydrogen) atoms. The van der Waals surface area contributed by atoms with E-state index in [4.69, 9.17) is 0 Å². The molecule has 0 amide bonds. The first-order chi connectivity index (χ1) is 10.3. The van der Waals surface area contributed by atoms with Gasteiger partial charge in [0.25, 0.3) is 0 Å². The van der Waals surface area contributed by atoms with Crippen LogP contribution in [0.4, 0.5) is 0 Å². The Hall–Kier alpha value is -1.66. The van der Waals surface area contributed by atoms with Crippen molar-refractivity contribution < 1.29 is 9.36 Å². The first kappa shape index (κ1) is 16.7. The van der Waals surface area contributed by atoms with Crippen molar-refractivity contribution in [3.05, 3.63) is 64.2 Å². The highest BCUT2D eigenvalue weighted by Crippen LogP contribution is 2.48. The maximum absolute atomic E-state index is 13.4. The number of carbonyl (C=O) groups is 1. The summed E-state index contributed by atoms with van der Waals surface area (Å²) < 4.78 is 13.4. The number of rotatable bonds is 4. The van der Waals surface area contributed by atoms with E-state index in [0.29, 0.717) is 17.0 Å². The van der Waals surface area contributed by atoms with Crippen molar-refractivity contribution in [3.63, 3.8) is 0 Å². The smallest absolute Gasteiger partial charge is 0.226 e. The highest BCUT2D eigenvalue weighted by molar-refractivity contribution is 7.87. The lowest BCUT2D eigenvalue weighted by Gasteiger charge is -2.20. The summed E-state index contributed by atoms with van der Waals surface area (Å²) in [6, 6.07) is 11.2. The minimum atomic E-state index is -3.09. The molecule has 0 radical (unpaired) electrons. The van der Waals surface area contributed by atoms with Gasteiger partial charge in [0.2, 0.25) is 5.52 Å². The molecule has 0 aliphatic carbocycles. The van der Waals surface area contributed by atoms with Crippen LogP contribution in [0.2, 0.25) is 0 Å². The summed E-state index contributed by atoms with van der Waals surface area (Å²) >= 11 is 0. The Bertz CT molecular complexity index is 761. The maximum atomic E-state index is 13.4. The SMILES string of the molecule is CCP(=O)(C(=O)c1c(C)cc(C)c(C)c1C)c1ccccc1. The van der Waals surface area contributed by atoms with Crippen LogP contribution >= 0.6 is 7.14 Å². The van der Waals surface area contributed by atoms with Crippen molar-refractivity contribution in [1.29, 1.82) is 0 Å². The van der Waals surface area contributed by atoms with Crippen molar-refractivity contribution in [3.8, 4) is 0 Å². The van der Waals surface area contributed by atoms with Crippen molar-refractivity contribution in [2.75, 3.05) is 6.16 Å².